The van der Waals surface area contributed by atoms with Gasteiger partial charge in [0.2, 0.25) is 9.84 Å². The fourth-order valence-corrected chi connectivity index (χ4v) is 4.47. The molecule has 0 radical (unpaired) electrons. The van der Waals surface area contributed by atoms with Crippen LogP contribution in [0.4, 0.5) is 4.79 Å². The number of amides is 1. The number of likely N-dealkylation sites (tertiary alicyclic amines) is 1. The summed E-state index contributed by atoms with van der Waals surface area (Å²) in [5.74, 6) is 0.169. The van der Waals surface area contributed by atoms with Crippen LogP contribution in [0, 0.1) is 0 Å². The van der Waals surface area contributed by atoms with Crippen LogP contribution in [0.2, 0.25) is 0 Å². The number of rotatable bonds is 3. The SMILES string of the molecule is CC(C)(C)OC(=O)N1CCC(c2ccc(S(=O)(=O)c3ccc(O)cc3)cc2)C1. The van der Waals surface area contributed by atoms with Gasteiger partial charge in [0.25, 0.3) is 0 Å². The summed E-state index contributed by atoms with van der Waals surface area (Å²) in [6, 6.07) is 12.3. The molecule has 0 aromatic heterocycles. The average Bonchev–Trinajstić information content (AvgIpc) is 3.11. The van der Waals surface area contributed by atoms with E-state index < -0.39 is 15.4 Å². The Morgan fingerprint density at radius 1 is 1.04 bits per heavy atom. The number of hydrogen-bond donors (Lipinski definition) is 1. The van der Waals surface area contributed by atoms with E-state index in [0.717, 1.165) is 12.0 Å². The van der Waals surface area contributed by atoms with Crippen molar-refractivity contribution >= 4 is 15.9 Å². The summed E-state index contributed by atoms with van der Waals surface area (Å²) >= 11 is 0. The van der Waals surface area contributed by atoms with Crippen molar-refractivity contribution < 1.29 is 23.1 Å². The lowest BCUT2D eigenvalue weighted by Crippen LogP contribution is -2.35. The number of ether oxygens (including phenoxy) is 1. The van der Waals surface area contributed by atoms with E-state index in [4.69, 9.17) is 4.74 Å². The van der Waals surface area contributed by atoms with Gasteiger partial charge in [-0.05, 0) is 69.2 Å². The lowest BCUT2D eigenvalue weighted by molar-refractivity contribution is 0.0292. The van der Waals surface area contributed by atoms with E-state index in [2.05, 4.69) is 0 Å². The van der Waals surface area contributed by atoms with Crippen LogP contribution >= 0.6 is 0 Å². The first-order valence-corrected chi connectivity index (χ1v) is 10.7. The summed E-state index contributed by atoms with van der Waals surface area (Å²) in [5.41, 5.74) is 0.468. The molecule has 1 aliphatic heterocycles. The number of aromatic hydroxyl groups is 1. The van der Waals surface area contributed by atoms with Gasteiger partial charge in [-0.15, -0.1) is 0 Å². The van der Waals surface area contributed by atoms with Crippen molar-refractivity contribution in [1.29, 1.82) is 0 Å². The van der Waals surface area contributed by atoms with Crippen molar-refractivity contribution in [3.8, 4) is 5.75 Å². The molecule has 28 heavy (non-hydrogen) atoms. The fourth-order valence-electron chi connectivity index (χ4n) is 3.21. The average molecular weight is 404 g/mol. The Bertz CT molecular complexity index is 944. The molecule has 0 bridgehead atoms. The molecule has 150 valence electrons. The van der Waals surface area contributed by atoms with Gasteiger partial charge in [0.05, 0.1) is 9.79 Å². The molecule has 6 nitrogen and oxygen atoms in total. The highest BCUT2D eigenvalue weighted by atomic mass is 32.2. The number of sulfone groups is 1. The zero-order valence-corrected chi connectivity index (χ0v) is 17.1. The predicted octanol–water partition coefficient (Wildman–Crippen LogP) is 3.95. The molecule has 1 aliphatic rings. The van der Waals surface area contributed by atoms with Crippen molar-refractivity contribution in [2.24, 2.45) is 0 Å². The summed E-state index contributed by atoms with van der Waals surface area (Å²) in [6.07, 6.45) is 0.491. The smallest absolute Gasteiger partial charge is 0.410 e. The van der Waals surface area contributed by atoms with Crippen LogP contribution in [0.15, 0.2) is 58.3 Å². The maximum absolute atomic E-state index is 12.7. The van der Waals surface area contributed by atoms with Crippen LogP contribution in [-0.2, 0) is 14.6 Å². The molecule has 1 N–H and O–H groups in total. The van der Waals surface area contributed by atoms with Crippen molar-refractivity contribution in [2.45, 2.75) is 48.5 Å². The van der Waals surface area contributed by atoms with E-state index in [-0.39, 0.29) is 27.6 Å². The van der Waals surface area contributed by atoms with E-state index in [0.29, 0.717) is 13.1 Å². The highest BCUT2D eigenvalue weighted by molar-refractivity contribution is 7.91. The Morgan fingerprint density at radius 2 is 1.57 bits per heavy atom. The van der Waals surface area contributed by atoms with Crippen LogP contribution in [0.3, 0.4) is 0 Å². The minimum absolute atomic E-state index is 0.0186. The number of phenolic OH excluding ortho intramolecular Hbond substituents is 1. The van der Waals surface area contributed by atoms with Crippen molar-refractivity contribution in [3.63, 3.8) is 0 Å². The van der Waals surface area contributed by atoms with Crippen LogP contribution < -0.4 is 0 Å². The van der Waals surface area contributed by atoms with Gasteiger partial charge in [-0.3, -0.25) is 0 Å². The molecule has 1 fully saturated rings. The monoisotopic (exact) mass is 403 g/mol. The van der Waals surface area contributed by atoms with Crippen LogP contribution in [0.25, 0.3) is 0 Å². The zero-order chi connectivity index (χ0) is 20.5. The summed E-state index contributed by atoms with van der Waals surface area (Å²) < 4.78 is 30.8. The minimum atomic E-state index is -3.64. The van der Waals surface area contributed by atoms with Crippen molar-refractivity contribution in [1.82, 2.24) is 4.90 Å². The Balaban J connectivity index is 1.71. The second-order valence-electron chi connectivity index (χ2n) is 7.98. The van der Waals surface area contributed by atoms with E-state index in [1.165, 1.54) is 24.3 Å². The Labute approximate surface area is 165 Å². The van der Waals surface area contributed by atoms with Gasteiger partial charge >= 0.3 is 6.09 Å². The van der Waals surface area contributed by atoms with Gasteiger partial charge in [-0.2, -0.15) is 0 Å². The first kappa shape index (κ1) is 20.2. The highest BCUT2D eigenvalue weighted by Crippen LogP contribution is 2.30. The number of nitrogens with zero attached hydrogens (tertiary/aromatic N) is 1. The molecule has 1 unspecified atom stereocenters. The van der Waals surface area contributed by atoms with Crippen molar-refractivity contribution in [2.75, 3.05) is 13.1 Å². The fraction of sp³-hybridized carbons (Fsp3) is 0.381. The first-order chi connectivity index (χ1) is 13.1. The zero-order valence-electron chi connectivity index (χ0n) is 16.3. The Kier molecular flexibility index (Phi) is 5.39. The molecule has 3 rings (SSSR count). The number of carbonyl (C=O) groups is 1. The molecule has 0 spiro atoms. The largest absolute Gasteiger partial charge is 0.508 e. The summed E-state index contributed by atoms with van der Waals surface area (Å²) in [7, 11) is -3.64. The van der Waals surface area contributed by atoms with Crippen molar-refractivity contribution in [3.05, 3.63) is 54.1 Å². The van der Waals surface area contributed by atoms with E-state index in [1.807, 2.05) is 20.8 Å². The molecule has 2 aromatic carbocycles. The van der Waals surface area contributed by atoms with Gasteiger partial charge in [0, 0.05) is 19.0 Å². The summed E-state index contributed by atoms with van der Waals surface area (Å²) in [5, 5.41) is 9.34. The predicted molar refractivity (Wildman–Crippen MR) is 105 cm³/mol. The standard InChI is InChI=1S/C21H25NO5S/c1-21(2,3)27-20(24)22-13-12-16(14-22)15-4-8-18(9-5-15)28(25,26)19-10-6-17(23)7-11-19/h4-11,16,23H,12-14H2,1-3H3. The third-order valence-corrected chi connectivity index (χ3v) is 6.43. The van der Waals surface area contributed by atoms with Gasteiger partial charge in [-0.1, -0.05) is 12.1 Å². The van der Waals surface area contributed by atoms with E-state index in [9.17, 15) is 18.3 Å². The minimum Gasteiger partial charge on any atom is -0.508 e. The topological polar surface area (TPSA) is 83.9 Å². The molecule has 1 atom stereocenters. The molecule has 2 aromatic rings. The molecule has 7 heteroatoms. The summed E-state index contributed by atoms with van der Waals surface area (Å²) in [6.45, 7) is 6.69. The van der Waals surface area contributed by atoms with Crippen LogP contribution in [-0.4, -0.2) is 43.2 Å². The Hall–Kier alpha value is -2.54. The van der Waals surface area contributed by atoms with Crippen LogP contribution in [0.1, 0.15) is 38.7 Å². The van der Waals surface area contributed by atoms with E-state index >= 15 is 0 Å². The summed E-state index contributed by atoms with van der Waals surface area (Å²) in [4.78, 5) is 14.2. The maximum Gasteiger partial charge on any atom is 0.410 e. The quantitative estimate of drug-likeness (QED) is 0.839. The molecular weight excluding hydrogens is 378 g/mol. The number of carbonyl (C=O) groups excluding carboxylic acids is 1. The number of benzene rings is 2. The highest BCUT2D eigenvalue weighted by Gasteiger charge is 2.30. The third-order valence-electron chi connectivity index (χ3n) is 4.65. The lowest BCUT2D eigenvalue weighted by Gasteiger charge is -2.24. The molecule has 0 saturated carbocycles. The van der Waals surface area contributed by atoms with Gasteiger partial charge in [-0.25, -0.2) is 13.2 Å². The second-order valence-corrected chi connectivity index (χ2v) is 9.93. The molecule has 1 amide bonds. The number of phenols is 1. The number of hydrogen-bond acceptors (Lipinski definition) is 5. The lowest BCUT2D eigenvalue weighted by atomic mass is 9.99. The molecule has 1 heterocycles. The first-order valence-electron chi connectivity index (χ1n) is 9.18. The molecule has 0 aliphatic carbocycles. The third kappa shape index (κ3) is 4.47. The maximum atomic E-state index is 12.7. The van der Waals surface area contributed by atoms with E-state index in [1.54, 1.807) is 29.2 Å². The molecule has 1 saturated heterocycles. The normalized spacial score (nSPS) is 17.5. The second kappa shape index (κ2) is 7.47. The van der Waals surface area contributed by atoms with Gasteiger partial charge in [0.15, 0.2) is 0 Å². The van der Waals surface area contributed by atoms with Crippen LogP contribution in [0.5, 0.6) is 5.75 Å². The Morgan fingerprint density at radius 3 is 2.11 bits per heavy atom. The molecular formula is C21H25NO5S. The van der Waals surface area contributed by atoms with Gasteiger partial charge in [0.1, 0.15) is 11.4 Å². The van der Waals surface area contributed by atoms with Gasteiger partial charge < -0.3 is 14.7 Å².